The largest absolute Gasteiger partial charge is 0.507 e. The summed E-state index contributed by atoms with van der Waals surface area (Å²) < 4.78 is 28.0. The molecule has 0 saturated heterocycles. The molecule has 2 N–H and O–H groups in total. The van der Waals surface area contributed by atoms with E-state index in [9.17, 15) is 13.5 Å². The molecule has 0 heterocycles. The molecule has 0 amide bonds. The number of aromatic hydroxyl groups is 1. The second-order valence-electron chi connectivity index (χ2n) is 7.43. The zero-order valence-corrected chi connectivity index (χ0v) is 16.9. The Morgan fingerprint density at radius 3 is 2.41 bits per heavy atom. The van der Waals surface area contributed by atoms with Gasteiger partial charge in [0.15, 0.2) is 0 Å². The van der Waals surface area contributed by atoms with Crippen molar-refractivity contribution >= 4 is 32.7 Å². The van der Waals surface area contributed by atoms with E-state index in [1.54, 1.807) is 36.5 Å². The van der Waals surface area contributed by atoms with Gasteiger partial charge >= 0.3 is 0 Å². The minimum Gasteiger partial charge on any atom is -0.507 e. The molecule has 0 atom stereocenters. The van der Waals surface area contributed by atoms with E-state index in [4.69, 9.17) is 0 Å². The molecule has 4 rings (SSSR count). The average molecular weight is 409 g/mol. The highest BCUT2D eigenvalue weighted by molar-refractivity contribution is 7.89. The Kier molecular flexibility index (Phi) is 5.65. The maximum atomic E-state index is 12.6. The lowest BCUT2D eigenvalue weighted by Crippen LogP contribution is -2.36. The van der Waals surface area contributed by atoms with Gasteiger partial charge in [0.05, 0.1) is 10.6 Å². The first kappa shape index (κ1) is 19.6. The lowest BCUT2D eigenvalue weighted by Gasteiger charge is -2.22. The Hall–Kier alpha value is -2.70. The van der Waals surface area contributed by atoms with Crippen LogP contribution in [0.5, 0.6) is 5.75 Å². The molecule has 1 aliphatic rings. The maximum Gasteiger partial charge on any atom is 0.240 e. The highest BCUT2D eigenvalue weighted by Crippen LogP contribution is 2.27. The summed E-state index contributed by atoms with van der Waals surface area (Å²) in [5.74, 6) is 0.156. The maximum absolute atomic E-state index is 12.6. The minimum atomic E-state index is -3.52. The van der Waals surface area contributed by atoms with Gasteiger partial charge in [0, 0.05) is 17.8 Å². The van der Waals surface area contributed by atoms with E-state index >= 15 is 0 Å². The van der Waals surface area contributed by atoms with Crippen LogP contribution in [0.4, 0.5) is 5.69 Å². The molecule has 150 valence electrons. The monoisotopic (exact) mass is 408 g/mol. The second kappa shape index (κ2) is 8.35. The number of phenolic OH excluding ortho intramolecular Hbond substituents is 1. The summed E-state index contributed by atoms with van der Waals surface area (Å²) in [6.07, 6.45) is 6.73. The van der Waals surface area contributed by atoms with Crippen molar-refractivity contribution in [2.75, 3.05) is 0 Å². The molecule has 1 aliphatic carbocycles. The number of benzene rings is 3. The van der Waals surface area contributed by atoms with E-state index in [1.807, 2.05) is 30.3 Å². The van der Waals surface area contributed by atoms with Crippen LogP contribution in [-0.2, 0) is 10.0 Å². The van der Waals surface area contributed by atoms with E-state index in [-0.39, 0.29) is 16.7 Å². The van der Waals surface area contributed by atoms with Crippen molar-refractivity contribution in [2.45, 2.75) is 43.0 Å². The minimum absolute atomic E-state index is 0.0285. The fourth-order valence-corrected chi connectivity index (χ4v) is 5.08. The normalized spacial score (nSPS) is 15.9. The summed E-state index contributed by atoms with van der Waals surface area (Å²) in [5, 5.41) is 12.1. The summed E-state index contributed by atoms with van der Waals surface area (Å²) in [4.78, 5) is 4.67. The number of rotatable bonds is 5. The number of fused-ring (bicyclic) bond motifs is 1. The van der Waals surface area contributed by atoms with Gasteiger partial charge in [-0.3, -0.25) is 4.99 Å². The molecular weight excluding hydrogens is 384 g/mol. The number of hydrogen-bond donors (Lipinski definition) is 2. The van der Waals surface area contributed by atoms with Gasteiger partial charge in [-0.1, -0.05) is 49.6 Å². The van der Waals surface area contributed by atoms with Gasteiger partial charge in [0.2, 0.25) is 10.0 Å². The Balaban J connectivity index is 1.53. The quantitative estimate of drug-likeness (QED) is 0.589. The smallest absolute Gasteiger partial charge is 0.240 e. The molecule has 0 radical (unpaired) electrons. The van der Waals surface area contributed by atoms with Crippen LogP contribution in [0.25, 0.3) is 10.8 Å². The van der Waals surface area contributed by atoms with Gasteiger partial charge in [-0.05, 0) is 53.9 Å². The lowest BCUT2D eigenvalue weighted by atomic mass is 9.96. The molecule has 0 aliphatic heterocycles. The Morgan fingerprint density at radius 2 is 1.66 bits per heavy atom. The van der Waals surface area contributed by atoms with Crippen LogP contribution in [0, 0.1) is 0 Å². The van der Waals surface area contributed by atoms with Crippen LogP contribution in [0.3, 0.4) is 0 Å². The van der Waals surface area contributed by atoms with Crippen LogP contribution in [0.15, 0.2) is 70.6 Å². The van der Waals surface area contributed by atoms with Gasteiger partial charge in [-0.25, -0.2) is 13.1 Å². The van der Waals surface area contributed by atoms with Crippen molar-refractivity contribution in [1.82, 2.24) is 4.72 Å². The Labute approximate surface area is 171 Å². The molecule has 1 fully saturated rings. The van der Waals surface area contributed by atoms with E-state index in [0.717, 1.165) is 36.5 Å². The third-order valence-corrected chi connectivity index (χ3v) is 6.90. The van der Waals surface area contributed by atoms with Gasteiger partial charge in [0.1, 0.15) is 5.75 Å². The molecule has 3 aromatic rings. The van der Waals surface area contributed by atoms with Gasteiger partial charge in [-0.15, -0.1) is 0 Å². The van der Waals surface area contributed by atoms with Gasteiger partial charge < -0.3 is 5.11 Å². The van der Waals surface area contributed by atoms with Crippen molar-refractivity contribution in [3.8, 4) is 5.75 Å². The Morgan fingerprint density at radius 1 is 0.931 bits per heavy atom. The predicted molar refractivity (Wildman–Crippen MR) is 117 cm³/mol. The molecule has 0 spiro atoms. The fraction of sp³-hybridized carbons (Fsp3) is 0.261. The topological polar surface area (TPSA) is 78.8 Å². The zero-order valence-electron chi connectivity index (χ0n) is 16.1. The predicted octanol–water partition coefficient (Wildman–Crippen LogP) is 4.91. The van der Waals surface area contributed by atoms with Crippen molar-refractivity contribution < 1.29 is 13.5 Å². The van der Waals surface area contributed by atoms with Crippen LogP contribution in [-0.4, -0.2) is 25.8 Å². The van der Waals surface area contributed by atoms with E-state index in [1.165, 1.54) is 6.42 Å². The number of aliphatic imine (C=N–C) groups is 1. The van der Waals surface area contributed by atoms with Crippen LogP contribution < -0.4 is 4.72 Å². The third kappa shape index (κ3) is 4.49. The SMILES string of the molecule is O=S(=O)(NC1CCCCC1)c1ccc(N=Cc2c(O)ccc3ccccc23)cc1. The van der Waals surface area contributed by atoms with E-state index < -0.39 is 10.0 Å². The summed E-state index contributed by atoms with van der Waals surface area (Å²) in [6.45, 7) is 0. The molecule has 0 unspecified atom stereocenters. The highest BCUT2D eigenvalue weighted by Gasteiger charge is 2.21. The van der Waals surface area contributed by atoms with Crippen molar-refractivity contribution in [1.29, 1.82) is 0 Å². The molecule has 0 bridgehead atoms. The van der Waals surface area contributed by atoms with E-state index in [2.05, 4.69) is 9.71 Å². The summed E-state index contributed by atoms with van der Waals surface area (Å²) in [7, 11) is -3.52. The summed E-state index contributed by atoms with van der Waals surface area (Å²) in [5.41, 5.74) is 1.26. The summed E-state index contributed by atoms with van der Waals surface area (Å²) in [6, 6.07) is 17.8. The number of sulfonamides is 1. The molecule has 5 nitrogen and oxygen atoms in total. The molecule has 1 saturated carbocycles. The first-order valence-electron chi connectivity index (χ1n) is 9.90. The fourth-order valence-electron chi connectivity index (χ4n) is 3.78. The first-order chi connectivity index (χ1) is 14.0. The summed E-state index contributed by atoms with van der Waals surface area (Å²) >= 11 is 0. The van der Waals surface area contributed by atoms with Crippen molar-refractivity contribution in [3.63, 3.8) is 0 Å². The lowest BCUT2D eigenvalue weighted by molar-refractivity contribution is 0.412. The molecular formula is C23H24N2O3S. The average Bonchev–Trinajstić information content (AvgIpc) is 2.74. The molecule has 3 aromatic carbocycles. The molecule has 6 heteroatoms. The number of hydrogen-bond acceptors (Lipinski definition) is 4. The molecule has 0 aromatic heterocycles. The highest BCUT2D eigenvalue weighted by atomic mass is 32.2. The number of phenols is 1. The third-order valence-electron chi connectivity index (χ3n) is 5.36. The number of nitrogens with zero attached hydrogens (tertiary/aromatic N) is 1. The number of nitrogens with one attached hydrogen (secondary N) is 1. The standard InChI is InChI=1S/C23H24N2O3S/c26-23-15-10-17-6-4-5-9-21(17)22(23)16-24-18-11-13-20(14-12-18)29(27,28)25-19-7-2-1-3-8-19/h4-6,9-16,19,25-26H,1-3,7-8H2. The van der Waals surface area contributed by atoms with Crippen molar-refractivity contribution in [2.24, 2.45) is 4.99 Å². The first-order valence-corrected chi connectivity index (χ1v) is 11.4. The van der Waals surface area contributed by atoms with Crippen LogP contribution in [0.1, 0.15) is 37.7 Å². The zero-order chi connectivity index (χ0) is 20.3. The second-order valence-corrected chi connectivity index (χ2v) is 9.14. The van der Waals surface area contributed by atoms with E-state index in [0.29, 0.717) is 11.3 Å². The van der Waals surface area contributed by atoms with Crippen molar-refractivity contribution in [3.05, 3.63) is 66.2 Å². The molecule has 29 heavy (non-hydrogen) atoms. The van der Waals surface area contributed by atoms with Crippen LogP contribution >= 0.6 is 0 Å². The Bertz CT molecular complexity index is 1130. The van der Waals surface area contributed by atoms with Crippen LogP contribution in [0.2, 0.25) is 0 Å². The van der Waals surface area contributed by atoms with Gasteiger partial charge in [0.25, 0.3) is 0 Å². The van der Waals surface area contributed by atoms with Gasteiger partial charge in [-0.2, -0.15) is 0 Å².